The first-order chi connectivity index (χ1) is 18.3. The minimum Gasteiger partial charge on any atom is -0.508 e. The lowest BCUT2D eigenvalue weighted by atomic mass is 9.57. The van der Waals surface area contributed by atoms with Crippen LogP contribution in [0.15, 0.2) is 23.0 Å². The van der Waals surface area contributed by atoms with Gasteiger partial charge in [0.05, 0.1) is 11.6 Å². The largest absolute Gasteiger partial charge is 0.508 e. The van der Waals surface area contributed by atoms with E-state index in [4.69, 9.17) is 0 Å². The zero-order chi connectivity index (χ0) is 29.0. The Kier molecular flexibility index (Phi) is 7.57. The summed E-state index contributed by atoms with van der Waals surface area (Å²) in [6, 6.07) is 0.856. The van der Waals surface area contributed by atoms with Crippen LogP contribution in [-0.4, -0.2) is 89.7 Å². The predicted octanol–water partition coefficient (Wildman–Crippen LogP) is 2.02. The molecule has 0 aromatic heterocycles. The molecule has 39 heavy (non-hydrogen) atoms. The number of hydrogen-bond acceptors (Lipinski definition) is 9. The number of carbonyl (C=O) groups is 3. The fourth-order valence-corrected chi connectivity index (χ4v) is 6.61. The van der Waals surface area contributed by atoms with Crippen LogP contribution in [0, 0.1) is 11.8 Å². The van der Waals surface area contributed by atoms with E-state index in [1.165, 1.54) is 11.9 Å². The van der Waals surface area contributed by atoms with Crippen LogP contribution in [-0.2, 0) is 27.2 Å². The Labute approximate surface area is 228 Å². The molecule has 1 aromatic rings. The molecule has 4 atom stereocenters. The van der Waals surface area contributed by atoms with E-state index in [2.05, 4.69) is 12.2 Å². The first-order valence-corrected chi connectivity index (χ1v) is 13.4. The number of fused-ring (bicyclic) bond motifs is 3. The Balaban J connectivity index is 1.95. The Bertz CT molecular complexity index is 1300. The van der Waals surface area contributed by atoms with Gasteiger partial charge in [-0.2, -0.15) is 0 Å². The fourth-order valence-electron chi connectivity index (χ4n) is 6.61. The van der Waals surface area contributed by atoms with E-state index in [1.807, 2.05) is 25.1 Å². The highest BCUT2D eigenvalue weighted by Gasteiger charge is 2.64. The lowest BCUT2D eigenvalue weighted by Gasteiger charge is -2.50. The first-order valence-electron chi connectivity index (χ1n) is 13.4. The summed E-state index contributed by atoms with van der Waals surface area (Å²) in [5.41, 5.74) is -1.09. The number of anilines is 1. The second-order valence-corrected chi connectivity index (χ2v) is 11.3. The van der Waals surface area contributed by atoms with Gasteiger partial charge in [-0.05, 0) is 62.9 Å². The molecule has 1 saturated carbocycles. The average Bonchev–Trinajstić information content (AvgIpc) is 2.87. The number of phenolic OH excluding ortho intramolecular Hbond substituents is 1. The number of unbranched alkanes of at least 4 members (excludes halogenated alkanes) is 2. The number of phenols is 1. The topological polar surface area (TPSA) is 151 Å². The molecule has 10 nitrogen and oxygen atoms in total. The second kappa shape index (κ2) is 10.3. The van der Waals surface area contributed by atoms with Crippen molar-refractivity contribution in [3.63, 3.8) is 0 Å². The van der Waals surface area contributed by atoms with E-state index in [1.54, 1.807) is 14.1 Å². The number of rotatable bonds is 7. The second-order valence-electron chi connectivity index (χ2n) is 11.3. The molecule has 0 saturated heterocycles. The zero-order valence-electron chi connectivity index (χ0n) is 23.5. The zero-order valence-corrected chi connectivity index (χ0v) is 23.5. The van der Waals surface area contributed by atoms with Crippen molar-refractivity contribution >= 4 is 28.9 Å². The van der Waals surface area contributed by atoms with Crippen LogP contribution in [0.2, 0.25) is 0 Å². The molecule has 0 aliphatic heterocycles. The smallest absolute Gasteiger partial charge is 0.258 e. The van der Waals surface area contributed by atoms with E-state index < -0.39 is 58.0 Å². The molecule has 3 aliphatic rings. The van der Waals surface area contributed by atoms with Gasteiger partial charge in [-0.15, -0.1) is 0 Å². The molecule has 10 heteroatoms. The molecule has 0 bridgehead atoms. The van der Waals surface area contributed by atoms with E-state index >= 15 is 0 Å². The van der Waals surface area contributed by atoms with Crippen molar-refractivity contribution in [1.29, 1.82) is 0 Å². The summed E-state index contributed by atoms with van der Waals surface area (Å²) >= 11 is 0. The minimum atomic E-state index is -2.60. The Morgan fingerprint density at radius 1 is 1.13 bits per heavy atom. The van der Waals surface area contributed by atoms with Crippen molar-refractivity contribution in [1.82, 2.24) is 10.2 Å². The fraction of sp³-hybridized carbons (Fsp3) is 0.552. The number of ketones is 2. The van der Waals surface area contributed by atoms with Gasteiger partial charge < -0.3 is 30.6 Å². The van der Waals surface area contributed by atoms with Gasteiger partial charge >= 0.3 is 0 Å². The van der Waals surface area contributed by atoms with Gasteiger partial charge in [0, 0.05) is 38.3 Å². The average molecular weight is 542 g/mol. The maximum Gasteiger partial charge on any atom is 0.258 e. The highest BCUT2D eigenvalue weighted by Crippen LogP contribution is 2.54. The van der Waals surface area contributed by atoms with Crippen LogP contribution in [0.3, 0.4) is 0 Å². The third-order valence-electron chi connectivity index (χ3n) is 8.52. The van der Waals surface area contributed by atoms with Crippen molar-refractivity contribution in [2.75, 3.05) is 40.1 Å². The summed E-state index contributed by atoms with van der Waals surface area (Å²) in [6.07, 6.45) is 3.78. The number of hydrogen-bond donors (Lipinski definition) is 5. The molecule has 1 aromatic carbocycles. The van der Waals surface area contributed by atoms with Gasteiger partial charge in [-0.3, -0.25) is 19.3 Å². The number of aliphatic hydroxyl groups excluding tert-OH is 2. The quantitative estimate of drug-likeness (QED) is 0.258. The van der Waals surface area contributed by atoms with E-state index in [9.17, 15) is 34.8 Å². The Morgan fingerprint density at radius 3 is 2.36 bits per heavy atom. The molecule has 0 heterocycles. The van der Waals surface area contributed by atoms with Crippen LogP contribution in [0.25, 0.3) is 5.76 Å². The maximum absolute atomic E-state index is 14.1. The normalized spacial score (nSPS) is 26.4. The van der Waals surface area contributed by atoms with Crippen LogP contribution < -0.4 is 10.2 Å². The summed E-state index contributed by atoms with van der Waals surface area (Å²) in [6.45, 7) is 2.08. The van der Waals surface area contributed by atoms with Gasteiger partial charge in [-0.25, -0.2) is 0 Å². The number of likely N-dealkylation sites (N-methyl/N-ethyl adjacent to an activating group) is 2. The highest BCUT2D eigenvalue weighted by molar-refractivity contribution is 6.25. The van der Waals surface area contributed by atoms with Crippen molar-refractivity contribution in [2.24, 2.45) is 11.8 Å². The SMILES string of the molecule is CCCCCc1cc(N(C)C)c2c(c1O)C(O)=C1C(=O)C3(O)C(O)=C(C(=O)NC)C(=O)C(N(C)C)C3CC1C2. The standard InChI is InChI=1S/C29H39N3O7/c1-7-8-9-10-14-13-18(31(3)4)16-11-15-12-17-22(32(5)6)25(35)21(28(38)30-2)27(37)29(17,39)26(36)19(15)24(34)20(16)23(14)33/h13,15,17,22,33-34,37,39H,7-12H2,1-6H3,(H,30,38). The van der Waals surface area contributed by atoms with Crippen LogP contribution in [0.5, 0.6) is 5.75 Å². The minimum absolute atomic E-state index is 0.0899. The third-order valence-corrected chi connectivity index (χ3v) is 8.52. The summed E-state index contributed by atoms with van der Waals surface area (Å²) < 4.78 is 0. The number of nitrogens with one attached hydrogen (secondary N) is 1. The maximum atomic E-state index is 14.1. The molecule has 4 rings (SSSR count). The molecular weight excluding hydrogens is 502 g/mol. The van der Waals surface area contributed by atoms with Crippen LogP contribution in [0.1, 0.15) is 49.3 Å². The van der Waals surface area contributed by atoms with E-state index in [0.717, 1.165) is 24.9 Å². The molecule has 3 aliphatic carbocycles. The summed E-state index contributed by atoms with van der Waals surface area (Å²) in [7, 11) is 8.24. The van der Waals surface area contributed by atoms with Crippen LogP contribution >= 0.6 is 0 Å². The highest BCUT2D eigenvalue weighted by atomic mass is 16.3. The van der Waals surface area contributed by atoms with Gasteiger partial charge in [0.1, 0.15) is 22.8 Å². The number of carbonyl (C=O) groups excluding carboxylic acids is 3. The summed E-state index contributed by atoms with van der Waals surface area (Å²) in [5.74, 6) is -5.75. The van der Waals surface area contributed by atoms with Gasteiger partial charge in [0.2, 0.25) is 5.78 Å². The van der Waals surface area contributed by atoms with Gasteiger partial charge in [0.25, 0.3) is 5.91 Å². The number of aromatic hydroxyl groups is 1. The van der Waals surface area contributed by atoms with Gasteiger partial charge in [-0.1, -0.05) is 19.8 Å². The summed E-state index contributed by atoms with van der Waals surface area (Å²) in [4.78, 5) is 43.5. The number of benzene rings is 1. The van der Waals surface area contributed by atoms with Crippen molar-refractivity contribution in [2.45, 2.75) is 57.1 Å². The molecule has 4 unspecified atom stereocenters. The lowest BCUT2D eigenvalue weighted by Crippen LogP contribution is -2.65. The lowest BCUT2D eigenvalue weighted by molar-refractivity contribution is -0.153. The molecule has 1 amide bonds. The number of aliphatic hydroxyl groups is 3. The molecule has 0 radical (unpaired) electrons. The molecule has 212 valence electrons. The van der Waals surface area contributed by atoms with Crippen molar-refractivity contribution in [3.8, 4) is 5.75 Å². The number of nitrogens with zero attached hydrogens (tertiary/aromatic N) is 2. The number of amides is 1. The first kappa shape index (κ1) is 28.6. The number of Topliss-reactive ketones (excluding diaryl/α,β-unsaturated/α-hetero) is 2. The monoisotopic (exact) mass is 541 g/mol. The van der Waals surface area contributed by atoms with Crippen molar-refractivity contribution in [3.05, 3.63) is 39.7 Å². The predicted molar refractivity (Wildman–Crippen MR) is 147 cm³/mol. The Morgan fingerprint density at radius 2 is 1.79 bits per heavy atom. The Hall–Kier alpha value is -3.37. The van der Waals surface area contributed by atoms with Crippen LogP contribution in [0.4, 0.5) is 5.69 Å². The van der Waals surface area contributed by atoms with Crippen molar-refractivity contribution < 1.29 is 34.8 Å². The van der Waals surface area contributed by atoms with Gasteiger partial charge in [0.15, 0.2) is 11.4 Å². The summed E-state index contributed by atoms with van der Waals surface area (Å²) in [5, 5.41) is 48.1. The third kappa shape index (κ3) is 4.21. The molecular formula is C29H39N3O7. The molecule has 1 fully saturated rings. The molecule has 0 spiro atoms. The van der Waals surface area contributed by atoms with E-state index in [0.29, 0.717) is 17.5 Å². The molecule has 5 N–H and O–H groups in total. The number of aryl methyl sites for hydroxylation is 1. The van der Waals surface area contributed by atoms with E-state index in [-0.39, 0.29) is 29.7 Å².